The van der Waals surface area contributed by atoms with Crippen molar-refractivity contribution in [2.75, 3.05) is 17.6 Å². The predicted molar refractivity (Wildman–Crippen MR) is 72.7 cm³/mol. The third-order valence-corrected chi connectivity index (χ3v) is 4.10. The first kappa shape index (κ1) is 14.2. The van der Waals surface area contributed by atoms with E-state index in [1.165, 1.54) is 23.1 Å². The van der Waals surface area contributed by atoms with Crippen molar-refractivity contribution < 1.29 is 4.79 Å². The van der Waals surface area contributed by atoms with Crippen LogP contribution < -0.4 is 10.6 Å². The first-order valence-electron chi connectivity index (χ1n) is 5.65. The Kier molecular flexibility index (Phi) is 6.28. The smallest absolute Gasteiger partial charge is 0.230 e. The molecular weight excluding hydrogens is 256 g/mol. The summed E-state index contributed by atoms with van der Waals surface area (Å²) < 4.78 is 0.820. The molecule has 7 heteroatoms. The van der Waals surface area contributed by atoms with E-state index in [0.717, 1.165) is 22.4 Å². The summed E-state index contributed by atoms with van der Waals surface area (Å²) in [4.78, 5) is 11.5. The van der Waals surface area contributed by atoms with Crippen molar-refractivity contribution >= 4 is 34.1 Å². The highest BCUT2D eigenvalue weighted by molar-refractivity contribution is 8.01. The van der Waals surface area contributed by atoms with Crippen LogP contribution in [0.2, 0.25) is 0 Å². The monoisotopic (exact) mass is 274 g/mol. The topological polar surface area (TPSA) is 66.9 Å². The molecule has 5 nitrogen and oxygen atoms in total. The SMILES string of the molecule is CCNc1nnc(SCC(=O)N[C@H](C)CC)s1. The zero-order valence-corrected chi connectivity index (χ0v) is 12.0. The van der Waals surface area contributed by atoms with Gasteiger partial charge in [-0.25, -0.2) is 0 Å². The van der Waals surface area contributed by atoms with Gasteiger partial charge in [0.05, 0.1) is 5.75 Å². The van der Waals surface area contributed by atoms with Crippen LogP contribution in [0.15, 0.2) is 4.34 Å². The highest BCUT2D eigenvalue weighted by atomic mass is 32.2. The van der Waals surface area contributed by atoms with Gasteiger partial charge in [0.1, 0.15) is 0 Å². The van der Waals surface area contributed by atoms with Gasteiger partial charge in [-0.05, 0) is 20.3 Å². The number of thioether (sulfide) groups is 1. The molecule has 1 heterocycles. The maximum absolute atomic E-state index is 11.5. The largest absolute Gasteiger partial charge is 0.360 e. The number of rotatable bonds is 7. The molecule has 0 saturated heterocycles. The normalized spacial score (nSPS) is 12.2. The molecule has 0 saturated carbocycles. The number of nitrogens with zero attached hydrogens (tertiary/aromatic N) is 2. The molecule has 0 fully saturated rings. The van der Waals surface area contributed by atoms with E-state index >= 15 is 0 Å². The third-order valence-electron chi connectivity index (χ3n) is 2.08. The summed E-state index contributed by atoms with van der Waals surface area (Å²) in [5.74, 6) is 0.440. The van der Waals surface area contributed by atoms with Crippen molar-refractivity contribution in [3.8, 4) is 0 Å². The summed E-state index contributed by atoms with van der Waals surface area (Å²) >= 11 is 2.89. The number of amides is 1. The van der Waals surface area contributed by atoms with Crippen LogP contribution in [-0.4, -0.2) is 34.4 Å². The van der Waals surface area contributed by atoms with E-state index in [1.807, 2.05) is 20.8 Å². The zero-order valence-electron chi connectivity index (χ0n) is 10.3. The Morgan fingerprint density at radius 2 is 2.24 bits per heavy atom. The van der Waals surface area contributed by atoms with Gasteiger partial charge >= 0.3 is 0 Å². The lowest BCUT2D eigenvalue weighted by Crippen LogP contribution is -2.33. The second-order valence-corrected chi connectivity index (χ2v) is 5.77. The van der Waals surface area contributed by atoms with Gasteiger partial charge in [0.25, 0.3) is 0 Å². The van der Waals surface area contributed by atoms with Crippen molar-refractivity contribution in [1.29, 1.82) is 0 Å². The molecule has 0 unspecified atom stereocenters. The van der Waals surface area contributed by atoms with E-state index in [-0.39, 0.29) is 11.9 Å². The molecule has 1 atom stereocenters. The van der Waals surface area contributed by atoms with Gasteiger partial charge in [-0.3, -0.25) is 4.79 Å². The maximum atomic E-state index is 11.5. The van der Waals surface area contributed by atoms with Crippen LogP contribution in [-0.2, 0) is 4.79 Å². The molecular formula is C10H18N4OS2. The maximum Gasteiger partial charge on any atom is 0.230 e. The van der Waals surface area contributed by atoms with Crippen LogP contribution in [0.3, 0.4) is 0 Å². The first-order chi connectivity index (χ1) is 8.15. The minimum atomic E-state index is 0.0459. The number of hydrogen-bond acceptors (Lipinski definition) is 6. The Bertz CT molecular complexity index is 356. The molecule has 2 N–H and O–H groups in total. The Labute approximate surface area is 110 Å². The van der Waals surface area contributed by atoms with E-state index < -0.39 is 0 Å². The quantitative estimate of drug-likeness (QED) is 0.744. The molecule has 0 spiro atoms. The average Bonchev–Trinajstić information content (AvgIpc) is 2.74. The van der Waals surface area contributed by atoms with Crippen molar-refractivity contribution in [1.82, 2.24) is 15.5 Å². The molecule has 1 rings (SSSR count). The Hall–Kier alpha value is -0.820. The summed E-state index contributed by atoms with van der Waals surface area (Å²) in [5, 5.41) is 14.8. The summed E-state index contributed by atoms with van der Waals surface area (Å²) in [7, 11) is 0. The van der Waals surface area contributed by atoms with Crippen molar-refractivity contribution in [2.45, 2.75) is 37.6 Å². The van der Waals surface area contributed by atoms with Gasteiger partial charge in [-0.1, -0.05) is 30.0 Å². The number of carbonyl (C=O) groups is 1. The first-order valence-corrected chi connectivity index (χ1v) is 7.45. The fraction of sp³-hybridized carbons (Fsp3) is 0.700. The molecule has 0 aliphatic heterocycles. The standard InChI is InChI=1S/C10H18N4OS2/c1-4-7(3)12-8(15)6-16-10-14-13-9(17-10)11-5-2/h7H,4-6H2,1-3H3,(H,11,13)(H,12,15)/t7-/m1/s1. The molecule has 96 valence electrons. The average molecular weight is 274 g/mol. The minimum Gasteiger partial charge on any atom is -0.360 e. The molecule has 0 radical (unpaired) electrons. The molecule has 0 aliphatic carbocycles. The van der Waals surface area contributed by atoms with Crippen molar-refractivity contribution in [3.05, 3.63) is 0 Å². The molecule has 0 aliphatic rings. The van der Waals surface area contributed by atoms with E-state index in [0.29, 0.717) is 5.75 Å². The van der Waals surface area contributed by atoms with E-state index in [9.17, 15) is 4.79 Å². The van der Waals surface area contributed by atoms with Crippen LogP contribution in [0.1, 0.15) is 27.2 Å². The van der Waals surface area contributed by atoms with Crippen molar-refractivity contribution in [3.63, 3.8) is 0 Å². The molecule has 17 heavy (non-hydrogen) atoms. The van der Waals surface area contributed by atoms with Crippen molar-refractivity contribution in [2.24, 2.45) is 0 Å². The van der Waals surface area contributed by atoms with Crippen LogP contribution in [0.5, 0.6) is 0 Å². The third kappa shape index (κ3) is 5.36. The van der Waals surface area contributed by atoms with E-state index in [4.69, 9.17) is 0 Å². The second-order valence-electron chi connectivity index (χ2n) is 3.57. The fourth-order valence-corrected chi connectivity index (χ4v) is 2.67. The summed E-state index contributed by atoms with van der Waals surface area (Å²) in [5.41, 5.74) is 0. The lowest BCUT2D eigenvalue weighted by molar-refractivity contribution is -0.119. The van der Waals surface area contributed by atoms with Gasteiger partial charge in [0.2, 0.25) is 11.0 Å². The van der Waals surface area contributed by atoms with Gasteiger partial charge in [-0.2, -0.15) is 0 Å². The van der Waals surface area contributed by atoms with Crippen LogP contribution in [0.25, 0.3) is 0 Å². The summed E-state index contributed by atoms with van der Waals surface area (Å²) in [6, 6.07) is 0.231. The zero-order chi connectivity index (χ0) is 12.7. The number of carbonyl (C=O) groups excluding carboxylic acids is 1. The molecule has 0 aromatic carbocycles. The van der Waals surface area contributed by atoms with E-state index in [2.05, 4.69) is 20.8 Å². The number of anilines is 1. The molecule has 0 bridgehead atoms. The van der Waals surface area contributed by atoms with Gasteiger partial charge in [-0.15, -0.1) is 10.2 Å². The van der Waals surface area contributed by atoms with Crippen LogP contribution in [0.4, 0.5) is 5.13 Å². The Morgan fingerprint density at radius 3 is 2.88 bits per heavy atom. The predicted octanol–water partition coefficient (Wildman–Crippen LogP) is 1.98. The highest BCUT2D eigenvalue weighted by Gasteiger charge is 2.09. The Morgan fingerprint density at radius 1 is 1.47 bits per heavy atom. The molecule has 1 aromatic rings. The van der Waals surface area contributed by atoms with Gasteiger partial charge < -0.3 is 10.6 Å². The lowest BCUT2D eigenvalue weighted by Gasteiger charge is -2.09. The second kappa shape index (κ2) is 7.50. The van der Waals surface area contributed by atoms with Crippen LogP contribution in [0, 0.1) is 0 Å². The Balaban J connectivity index is 2.31. The van der Waals surface area contributed by atoms with E-state index in [1.54, 1.807) is 0 Å². The number of aromatic nitrogens is 2. The lowest BCUT2D eigenvalue weighted by atomic mass is 10.3. The van der Waals surface area contributed by atoms with Gasteiger partial charge in [0, 0.05) is 12.6 Å². The van der Waals surface area contributed by atoms with Gasteiger partial charge in [0.15, 0.2) is 4.34 Å². The van der Waals surface area contributed by atoms with Crippen LogP contribution >= 0.6 is 23.1 Å². The number of hydrogen-bond donors (Lipinski definition) is 2. The molecule has 1 aromatic heterocycles. The minimum absolute atomic E-state index is 0.0459. The summed E-state index contributed by atoms with van der Waals surface area (Å²) in [6.45, 7) is 6.88. The molecule has 1 amide bonds. The fourth-order valence-electron chi connectivity index (χ4n) is 1.04. The highest BCUT2D eigenvalue weighted by Crippen LogP contribution is 2.24. The number of nitrogens with one attached hydrogen (secondary N) is 2. The summed E-state index contributed by atoms with van der Waals surface area (Å²) in [6.07, 6.45) is 0.944.